The highest BCUT2D eigenvalue weighted by Gasteiger charge is 2.44. The molecule has 0 N–H and O–H groups in total. The van der Waals surface area contributed by atoms with Gasteiger partial charge in [0.15, 0.2) is 5.43 Å². The van der Waals surface area contributed by atoms with Crippen LogP contribution in [0.2, 0.25) is 10.0 Å². The number of hydrogen-bond donors (Lipinski definition) is 0. The average molecular weight is 522 g/mol. The van der Waals surface area contributed by atoms with Crippen LogP contribution in [0.25, 0.3) is 11.0 Å². The quantitative estimate of drug-likeness (QED) is 0.233. The van der Waals surface area contributed by atoms with Gasteiger partial charge in [-0.1, -0.05) is 61.2 Å². The normalized spacial score (nSPS) is 14.9. The number of hydrogen-bond acceptors (Lipinski definition) is 4. The second-order valence-electron chi connectivity index (χ2n) is 8.95. The van der Waals surface area contributed by atoms with E-state index in [1.807, 2.05) is 43.3 Å². The molecule has 0 fully saturated rings. The fourth-order valence-corrected chi connectivity index (χ4v) is 4.92. The number of aryl methyl sites for hydroxylation is 1. The average Bonchev–Trinajstić information content (AvgIpc) is 3.17. The molecule has 7 heteroatoms. The third-order valence-electron chi connectivity index (χ3n) is 6.46. The minimum atomic E-state index is -0.718. The van der Waals surface area contributed by atoms with Crippen LogP contribution < -0.4 is 15.1 Å². The lowest BCUT2D eigenvalue weighted by Gasteiger charge is -2.26. The first-order valence-corrected chi connectivity index (χ1v) is 12.7. The number of rotatable bonds is 7. The summed E-state index contributed by atoms with van der Waals surface area (Å²) in [5.41, 5.74) is 2.49. The third kappa shape index (κ3) is 4.38. The maximum absolute atomic E-state index is 13.8. The number of unbranched alkanes of at least 4 members (excludes halogenated alkanes) is 2. The van der Waals surface area contributed by atoms with Gasteiger partial charge in [0, 0.05) is 15.7 Å². The van der Waals surface area contributed by atoms with E-state index in [4.69, 9.17) is 32.4 Å². The van der Waals surface area contributed by atoms with Gasteiger partial charge in [-0.15, -0.1) is 0 Å². The summed E-state index contributed by atoms with van der Waals surface area (Å²) in [6.07, 6.45) is 3.14. The Morgan fingerprint density at radius 1 is 1.00 bits per heavy atom. The predicted molar refractivity (Wildman–Crippen MR) is 144 cm³/mol. The van der Waals surface area contributed by atoms with Crippen LogP contribution in [-0.4, -0.2) is 12.5 Å². The van der Waals surface area contributed by atoms with E-state index in [9.17, 15) is 9.59 Å². The van der Waals surface area contributed by atoms with Gasteiger partial charge in [-0.05, 0) is 66.9 Å². The molecule has 0 bridgehead atoms. The van der Waals surface area contributed by atoms with Crippen molar-refractivity contribution in [3.8, 4) is 5.75 Å². The van der Waals surface area contributed by atoms with Gasteiger partial charge in [-0.3, -0.25) is 14.5 Å². The molecule has 0 saturated heterocycles. The summed E-state index contributed by atoms with van der Waals surface area (Å²) < 4.78 is 12.0. The highest BCUT2D eigenvalue weighted by molar-refractivity contribution is 6.32. The number of nitrogens with zero attached hydrogens (tertiary/aromatic N) is 1. The number of halogens is 2. The summed E-state index contributed by atoms with van der Waals surface area (Å²) >= 11 is 12.6. The Labute approximate surface area is 219 Å². The van der Waals surface area contributed by atoms with E-state index in [0.717, 1.165) is 30.4 Å². The van der Waals surface area contributed by atoms with Crippen LogP contribution in [0, 0.1) is 6.92 Å². The molecule has 0 radical (unpaired) electrons. The Morgan fingerprint density at radius 2 is 1.83 bits per heavy atom. The molecular weight excluding hydrogens is 497 g/mol. The summed E-state index contributed by atoms with van der Waals surface area (Å²) in [5, 5.41) is 1.27. The Kier molecular flexibility index (Phi) is 6.78. The smallest absolute Gasteiger partial charge is 0.295 e. The van der Waals surface area contributed by atoms with Crippen LogP contribution in [0.15, 0.2) is 69.9 Å². The molecule has 3 aromatic carbocycles. The maximum atomic E-state index is 13.8. The maximum Gasteiger partial charge on any atom is 0.295 e. The van der Waals surface area contributed by atoms with Gasteiger partial charge in [0.25, 0.3) is 5.91 Å². The molecule has 0 spiro atoms. The zero-order chi connectivity index (χ0) is 25.4. The molecule has 0 aliphatic carbocycles. The van der Waals surface area contributed by atoms with E-state index >= 15 is 0 Å². The molecule has 1 aliphatic rings. The van der Waals surface area contributed by atoms with Crippen LogP contribution in [0.3, 0.4) is 0 Å². The number of carbonyl (C=O) groups is 1. The molecule has 1 aromatic heterocycles. The summed E-state index contributed by atoms with van der Waals surface area (Å²) in [4.78, 5) is 29.1. The zero-order valence-corrected chi connectivity index (χ0v) is 21.5. The molecule has 1 amide bonds. The lowest BCUT2D eigenvalue weighted by atomic mass is 9.98. The Bertz CT molecular complexity index is 1530. The highest BCUT2D eigenvalue weighted by Crippen LogP contribution is 2.42. The summed E-state index contributed by atoms with van der Waals surface area (Å²) in [5.74, 6) is 0.295. The van der Waals surface area contributed by atoms with Gasteiger partial charge >= 0.3 is 0 Å². The fraction of sp³-hybridized carbons (Fsp3) is 0.241. The SMILES string of the molecule is CCCCCOc1cccc(C2c3c(oc4ccc(Cl)cc4c3=O)C(=O)N2c2ccc(C)c(Cl)c2)c1. The zero-order valence-electron chi connectivity index (χ0n) is 20.0. The van der Waals surface area contributed by atoms with Crippen LogP contribution in [0.4, 0.5) is 5.69 Å². The topological polar surface area (TPSA) is 59.8 Å². The van der Waals surface area contributed by atoms with Crippen molar-refractivity contribution in [3.63, 3.8) is 0 Å². The molecular formula is C29H25Cl2NO4. The first kappa shape index (κ1) is 24.4. The van der Waals surface area contributed by atoms with Crippen molar-refractivity contribution in [2.45, 2.75) is 39.2 Å². The van der Waals surface area contributed by atoms with Crippen LogP contribution >= 0.6 is 23.2 Å². The summed E-state index contributed by atoms with van der Waals surface area (Å²) in [6.45, 7) is 4.63. The monoisotopic (exact) mass is 521 g/mol. The number of amides is 1. The van der Waals surface area contributed by atoms with Crippen molar-refractivity contribution in [3.05, 3.63) is 103 Å². The third-order valence-corrected chi connectivity index (χ3v) is 7.10. The second kappa shape index (κ2) is 10.00. The molecule has 2 heterocycles. The molecule has 1 unspecified atom stereocenters. The van der Waals surface area contributed by atoms with Crippen molar-refractivity contribution in [1.29, 1.82) is 0 Å². The van der Waals surface area contributed by atoms with Gasteiger partial charge in [-0.2, -0.15) is 0 Å². The number of anilines is 1. The second-order valence-corrected chi connectivity index (χ2v) is 9.80. The fourth-order valence-electron chi connectivity index (χ4n) is 4.57. The van der Waals surface area contributed by atoms with E-state index in [0.29, 0.717) is 39.1 Å². The van der Waals surface area contributed by atoms with Crippen molar-refractivity contribution < 1.29 is 13.9 Å². The van der Waals surface area contributed by atoms with Crippen molar-refractivity contribution in [1.82, 2.24) is 0 Å². The minimum Gasteiger partial charge on any atom is -0.494 e. The Balaban J connectivity index is 1.68. The molecule has 1 atom stereocenters. The first-order chi connectivity index (χ1) is 17.4. The molecule has 36 heavy (non-hydrogen) atoms. The van der Waals surface area contributed by atoms with E-state index in [-0.39, 0.29) is 16.8 Å². The lowest BCUT2D eigenvalue weighted by Crippen LogP contribution is -2.29. The molecule has 0 saturated carbocycles. The van der Waals surface area contributed by atoms with Gasteiger partial charge < -0.3 is 9.15 Å². The van der Waals surface area contributed by atoms with E-state index in [1.54, 1.807) is 29.2 Å². The van der Waals surface area contributed by atoms with E-state index < -0.39 is 11.9 Å². The van der Waals surface area contributed by atoms with Gasteiger partial charge in [-0.25, -0.2) is 0 Å². The van der Waals surface area contributed by atoms with Gasteiger partial charge in [0.2, 0.25) is 5.76 Å². The number of ether oxygens (including phenoxy) is 1. The van der Waals surface area contributed by atoms with Crippen LogP contribution in [0.1, 0.15) is 59.5 Å². The van der Waals surface area contributed by atoms with Gasteiger partial charge in [0.05, 0.1) is 23.6 Å². The van der Waals surface area contributed by atoms with Gasteiger partial charge in [0.1, 0.15) is 11.3 Å². The predicted octanol–water partition coefficient (Wildman–Crippen LogP) is 7.73. The van der Waals surface area contributed by atoms with Crippen molar-refractivity contribution >= 4 is 45.8 Å². The molecule has 5 nitrogen and oxygen atoms in total. The molecule has 4 aromatic rings. The summed E-state index contributed by atoms with van der Waals surface area (Å²) in [7, 11) is 0. The van der Waals surface area contributed by atoms with Crippen LogP contribution in [-0.2, 0) is 0 Å². The number of benzene rings is 3. The molecule has 184 valence electrons. The van der Waals surface area contributed by atoms with Crippen molar-refractivity contribution in [2.75, 3.05) is 11.5 Å². The Hall–Kier alpha value is -3.28. The summed E-state index contributed by atoms with van der Waals surface area (Å²) in [6, 6.07) is 17.0. The number of fused-ring (bicyclic) bond motifs is 2. The molecule has 1 aliphatic heterocycles. The standard InChI is InChI=1S/C29H25Cl2NO4/c1-3-4-5-13-35-21-8-6-7-18(14-21)26-25-27(33)22-15-19(30)10-12-24(22)36-28(25)29(34)32(26)20-11-9-17(2)23(31)16-20/h6-12,14-16,26H,3-5,13H2,1-2H3. The van der Waals surface area contributed by atoms with E-state index in [1.165, 1.54) is 0 Å². The number of carbonyl (C=O) groups excluding carboxylic acids is 1. The van der Waals surface area contributed by atoms with E-state index in [2.05, 4.69) is 6.92 Å². The van der Waals surface area contributed by atoms with Crippen LogP contribution in [0.5, 0.6) is 5.75 Å². The first-order valence-electron chi connectivity index (χ1n) is 12.0. The van der Waals surface area contributed by atoms with Crippen molar-refractivity contribution in [2.24, 2.45) is 0 Å². The largest absolute Gasteiger partial charge is 0.494 e. The lowest BCUT2D eigenvalue weighted by molar-refractivity contribution is 0.0971. The highest BCUT2D eigenvalue weighted by atomic mass is 35.5. The minimum absolute atomic E-state index is 0.0192. The Morgan fingerprint density at radius 3 is 2.61 bits per heavy atom. The molecule has 5 rings (SSSR count).